The van der Waals surface area contributed by atoms with Crippen LogP contribution >= 0.6 is 0 Å². The third kappa shape index (κ3) is 3.43. The molecule has 0 aromatic heterocycles. The normalized spacial score (nSPS) is 35.2. The fraction of sp³-hybridized carbons (Fsp3) is 0.550. The summed E-state index contributed by atoms with van der Waals surface area (Å²) in [6.07, 6.45) is 0.460. The van der Waals surface area contributed by atoms with Gasteiger partial charge >= 0.3 is 11.9 Å². The molecule has 3 aliphatic heterocycles. The van der Waals surface area contributed by atoms with Crippen molar-refractivity contribution in [3.05, 3.63) is 36.1 Å². The van der Waals surface area contributed by atoms with Gasteiger partial charge in [0.2, 0.25) is 5.78 Å². The van der Waals surface area contributed by atoms with E-state index >= 15 is 0 Å². The Morgan fingerprint density at radius 3 is 2.74 bits per heavy atom. The molecular formula is C20H24O7. The highest BCUT2D eigenvalue weighted by atomic mass is 16.6. The van der Waals surface area contributed by atoms with Crippen LogP contribution in [0.4, 0.5) is 0 Å². The molecule has 0 N–H and O–H groups in total. The lowest BCUT2D eigenvalue weighted by atomic mass is 9.78. The van der Waals surface area contributed by atoms with E-state index in [0.717, 1.165) is 0 Å². The molecule has 5 unspecified atom stereocenters. The van der Waals surface area contributed by atoms with Crippen molar-refractivity contribution in [3.8, 4) is 0 Å². The summed E-state index contributed by atoms with van der Waals surface area (Å²) in [6.45, 7) is 10.9. The van der Waals surface area contributed by atoms with Gasteiger partial charge in [-0.25, -0.2) is 4.79 Å². The number of ether oxygens (including phenoxy) is 4. The zero-order valence-corrected chi connectivity index (χ0v) is 15.8. The van der Waals surface area contributed by atoms with E-state index in [9.17, 15) is 14.4 Å². The smallest absolute Gasteiger partial charge is 0.333 e. The third-order valence-corrected chi connectivity index (χ3v) is 5.35. The first-order valence-corrected chi connectivity index (χ1v) is 8.85. The molecule has 7 heteroatoms. The van der Waals surface area contributed by atoms with E-state index in [1.54, 1.807) is 13.8 Å². The molecule has 3 rings (SSSR count). The Morgan fingerprint density at radius 1 is 1.41 bits per heavy atom. The van der Waals surface area contributed by atoms with Crippen molar-refractivity contribution in [2.45, 2.75) is 44.5 Å². The fourth-order valence-corrected chi connectivity index (χ4v) is 3.90. The molecule has 0 amide bonds. The maximum atomic E-state index is 12.5. The standard InChI is InChI=1S/C20H24O7/c1-10(2)18(22)26-15-8-20(4)16(21)7-13(27-20)11(3)6-14-17(15)12(9-24-5)19(23)25-14/h7,12,14-15,17H,1,3,6,8-9H2,2,4-5H3. The van der Waals surface area contributed by atoms with E-state index in [1.807, 2.05) is 0 Å². The first-order valence-electron chi connectivity index (χ1n) is 8.85. The van der Waals surface area contributed by atoms with Gasteiger partial charge in [0, 0.05) is 37.5 Å². The highest BCUT2D eigenvalue weighted by molar-refractivity contribution is 6.00. The summed E-state index contributed by atoms with van der Waals surface area (Å²) in [4.78, 5) is 37.2. The van der Waals surface area contributed by atoms with Crippen LogP contribution in [-0.4, -0.2) is 49.2 Å². The molecule has 2 bridgehead atoms. The van der Waals surface area contributed by atoms with Gasteiger partial charge in [0.1, 0.15) is 18.0 Å². The van der Waals surface area contributed by atoms with Gasteiger partial charge in [-0.05, 0) is 19.4 Å². The second-order valence-electron chi connectivity index (χ2n) is 7.56. The van der Waals surface area contributed by atoms with Gasteiger partial charge in [0.15, 0.2) is 5.60 Å². The Balaban J connectivity index is 2.03. The Bertz CT molecular complexity index is 749. The van der Waals surface area contributed by atoms with Crippen LogP contribution in [-0.2, 0) is 33.3 Å². The maximum absolute atomic E-state index is 12.5. The Hall–Kier alpha value is -2.41. The molecule has 2 fully saturated rings. The predicted molar refractivity (Wildman–Crippen MR) is 94.4 cm³/mol. The molecule has 0 aromatic carbocycles. The SMILES string of the molecule is C=C(C)C(=O)OC1CC2(C)OC(=CC2=O)C(=C)CC2OC(=O)C(COC)C12. The van der Waals surface area contributed by atoms with Gasteiger partial charge in [-0.15, -0.1) is 0 Å². The van der Waals surface area contributed by atoms with E-state index in [4.69, 9.17) is 18.9 Å². The maximum Gasteiger partial charge on any atom is 0.333 e. The quantitative estimate of drug-likeness (QED) is 0.547. The fourth-order valence-electron chi connectivity index (χ4n) is 3.90. The minimum absolute atomic E-state index is 0.0934. The van der Waals surface area contributed by atoms with Crippen molar-refractivity contribution in [1.82, 2.24) is 0 Å². The topological polar surface area (TPSA) is 88.1 Å². The molecule has 27 heavy (non-hydrogen) atoms. The summed E-state index contributed by atoms with van der Waals surface area (Å²) < 4.78 is 22.3. The Morgan fingerprint density at radius 2 is 2.11 bits per heavy atom. The Kier molecular flexibility index (Phi) is 4.99. The molecule has 5 atom stereocenters. The molecule has 3 heterocycles. The van der Waals surface area contributed by atoms with Crippen LogP contribution in [0.3, 0.4) is 0 Å². The van der Waals surface area contributed by atoms with Crippen LogP contribution in [0, 0.1) is 11.8 Å². The minimum atomic E-state index is -1.20. The summed E-state index contributed by atoms with van der Waals surface area (Å²) >= 11 is 0. The molecule has 2 saturated heterocycles. The highest BCUT2D eigenvalue weighted by Crippen LogP contribution is 2.44. The number of ketones is 1. The molecule has 0 aromatic rings. The molecule has 7 nitrogen and oxygen atoms in total. The van der Waals surface area contributed by atoms with Crippen molar-refractivity contribution < 1.29 is 33.3 Å². The van der Waals surface area contributed by atoms with Crippen LogP contribution in [0.2, 0.25) is 0 Å². The van der Waals surface area contributed by atoms with Crippen LogP contribution in [0.15, 0.2) is 36.1 Å². The molecule has 0 aliphatic carbocycles. The van der Waals surface area contributed by atoms with E-state index in [1.165, 1.54) is 13.2 Å². The highest BCUT2D eigenvalue weighted by Gasteiger charge is 2.55. The average molecular weight is 376 g/mol. The number of rotatable bonds is 4. The van der Waals surface area contributed by atoms with Gasteiger partial charge in [-0.3, -0.25) is 9.59 Å². The predicted octanol–water partition coefficient (Wildman–Crippen LogP) is 1.87. The molecular weight excluding hydrogens is 352 g/mol. The number of carbonyl (C=O) groups excluding carboxylic acids is 3. The molecule has 146 valence electrons. The molecule has 0 radical (unpaired) electrons. The second-order valence-corrected chi connectivity index (χ2v) is 7.56. The number of fused-ring (bicyclic) bond motifs is 3. The lowest BCUT2D eigenvalue weighted by Crippen LogP contribution is -2.45. The van der Waals surface area contributed by atoms with E-state index in [2.05, 4.69) is 13.2 Å². The largest absolute Gasteiger partial charge is 0.479 e. The van der Waals surface area contributed by atoms with Gasteiger partial charge in [-0.1, -0.05) is 13.2 Å². The number of allylic oxidation sites excluding steroid dienone is 1. The van der Waals surface area contributed by atoms with Crippen LogP contribution in [0.25, 0.3) is 0 Å². The van der Waals surface area contributed by atoms with Gasteiger partial charge in [0.05, 0.1) is 12.5 Å². The molecule has 3 aliphatic rings. The first kappa shape index (κ1) is 19.4. The van der Waals surface area contributed by atoms with Crippen LogP contribution < -0.4 is 0 Å². The molecule has 0 spiro atoms. The number of esters is 2. The van der Waals surface area contributed by atoms with Crippen LogP contribution in [0.1, 0.15) is 26.7 Å². The zero-order valence-electron chi connectivity index (χ0n) is 15.8. The average Bonchev–Trinajstić information content (AvgIpc) is 3.05. The van der Waals surface area contributed by atoms with E-state index in [0.29, 0.717) is 11.3 Å². The lowest BCUT2D eigenvalue weighted by Gasteiger charge is -2.33. The van der Waals surface area contributed by atoms with E-state index in [-0.39, 0.29) is 30.8 Å². The third-order valence-electron chi connectivity index (χ3n) is 5.35. The number of hydrogen-bond acceptors (Lipinski definition) is 7. The van der Waals surface area contributed by atoms with Gasteiger partial charge < -0.3 is 18.9 Å². The van der Waals surface area contributed by atoms with Crippen molar-refractivity contribution in [2.75, 3.05) is 13.7 Å². The Labute approximate surface area is 158 Å². The summed E-state index contributed by atoms with van der Waals surface area (Å²) in [5, 5.41) is 0. The monoisotopic (exact) mass is 376 g/mol. The van der Waals surface area contributed by atoms with Crippen molar-refractivity contribution >= 4 is 17.7 Å². The summed E-state index contributed by atoms with van der Waals surface area (Å²) in [5.74, 6) is -1.92. The first-order chi connectivity index (χ1) is 12.7. The lowest BCUT2D eigenvalue weighted by molar-refractivity contribution is -0.155. The zero-order chi connectivity index (χ0) is 19.9. The summed E-state index contributed by atoms with van der Waals surface area (Å²) in [7, 11) is 1.49. The number of carbonyl (C=O) groups is 3. The number of hydrogen-bond donors (Lipinski definition) is 0. The van der Waals surface area contributed by atoms with Crippen LogP contribution in [0.5, 0.6) is 0 Å². The van der Waals surface area contributed by atoms with Crippen molar-refractivity contribution in [3.63, 3.8) is 0 Å². The van der Waals surface area contributed by atoms with E-state index < -0.39 is 41.6 Å². The summed E-state index contributed by atoms with van der Waals surface area (Å²) in [5.41, 5.74) is -0.400. The number of methoxy groups -OCH3 is 1. The van der Waals surface area contributed by atoms with Gasteiger partial charge in [-0.2, -0.15) is 0 Å². The van der Waals surface area contributed by atoms with Gasteiger partial charge in [0.25, 0.3) is 0 Å². The minimum Gasteiger partial charge on any atom is -0.479 e. The van der Waals surface area contributed by atoms with Crippen molar-refractivity contribution in [1.29, 1.82) is 0 Å². The second kappa shape index (κ2) is 6.96. The van der Waals surface area contributed by atoms with Crippen molar-refractivity contribution in [2.24, 2.45) is 11.8 Å². The summed E-state index contributed by atoms with van der Waals surface area (Å²) in [6, 6.07) is 0. The molecule has 0 saturated carbocycles.